The lowest BCUT2D eigenvalue weighted by atomic mass is 9.73. The molecule has 2 aliphatic rings. The van der Waals surface area contributed by atoms with E-state index in [9.17, 15) is 9.18 Å². The van der Waals surface area contributed by atoms with Crippen molar-refractivity contribution in [2.75, 3.05) is 13.1 Å². The molecule has 0 bridgehead atoms. The molecule has 1 saturated carbocycles. The molecule has 6 nitrogen and oxygen atoms in total. The van der Waals surface area contributed by atoms with Gasteiger partial charge in [-0.05, 0) is 25.8 Å². The quantitative estimate of drug-likeness (QED) is 0.934. The zero-order chi connectivity index (χ0) is 16.8. The minimum absolute atomic E-state index is 0.0334. The Bertz CT molecular complexity index is 748. The summed E-state index contributed by atoms with van der Waals surface area (Å²) in [6.45, 7) is 3.11. The summed E-state index contributed by atoms with van der Waals surface area (Å²) < 4.78 is 14.4. The van der Waals surface area contributed by atoms with Crippen LogP contribution in [0.2, 0.25) is 0 Å². The first-order valence-corrected chi connectivity index (χ1v) is 8.34. The number of aromatic nitrogens is 4. The minimum atomic E-state index is -0.718. The standard InChI is InChI=1S/C17H20FN5O/c1-16(14-19-21-22-20-14)10-23(11-16)15(24)17(8-4-5-9-17)12-6-2-3-7-13(12)18/h2-3,6-7H,4-5,8-11H2,1H3,(H,19,20,21,22). The van der Waals surface area contributed by atoms with Crippen LogP contribution in [-0.2, 0) is 15.6 Å². The Morgan fingerprint density at radius 1 is 1.25 bits per heavy atom. The average molecular weight is 329 g/mol. The molecule has 126 valence electrons. The molecular weight excluding hydrogens is 309 g/mol. The average Bonchev–Trinajstić information content (AvgIpc) is 3.24. The molecule has 1 N–H and O–H groups in total. The number of hydrogen-bond donors (Lipinski definition) is 1. The van der Waals surface area contributed by atoms with Gasteiger partial charge in [-0.15, -0.1) is 10.2 Å². The number of nitrogens with zero attached hydrogens (tertiary/aromatic N) is 4. The summed E-state index contributed by atoms with van der Waals surface area (Å²) in [5.74, 6) is 0.373. The maximum absolute atomic E-state index is 14.4. The van der Waals surface area contributed by atoms with Crippen LogP contribution in [0, 0.1) is 5.82 Å². The van der Waals surface area contributed by atoms with Gasteiger partial charge in [0.1, 0.15) is 5.82 Å². The fourth-order valence-electron chi connectivity index (χ4n) is 4.23. The number of hydrogen-bond acceptors (Lipinski definition) is 4. The number of tetrazole rings is 1. The monoisotopic (exact) mass is 329 g/mol. The Hall–Kier alpha value is -2.31. The van der Waals surface area contributed by atoms with Crippen molar-refractivity contribution in [3.05, 3.63) is 41.5 Å². The topological polar surface area (TPSA) is 74.8 Å². The highest BCUT2D eigenvalue weighted by atomic mass is 19.1. The van der Waals surface area contributed by atoms with Crippen LogP contribution >= 0.6 is 0 Å². The van der Waals surface area contributed by atoms with Crippen molar-refractivity contribution in [2.45, 2.75) is 43.4 Å². The van der Waals surface area contributed by atoms with E-state index in [1.165, 1.54) is 6.07 Å². The third-order valence-electron chi connectivity index (χ3n) is 5.51. The van der Waals surface area contributed by atoms with E-state index in [4.69, 9.17) is 0 Å². The molecule has 1 aromatic heterocycles. The van der Waals surface area contributed by atoms with Crippen molar-refractivity contribution in [3.8, 4) is 0 Å². The van der Waals surface area contributed by atoms with Crippen LogP contribution in [0.4, 0.5) is 4.39 Å². The summed E-state index contributed by atoms with van der Waals surface area (Å²) >= 11 is 0. The molecule has 0 unspecified atom stereocenters. The van der Waals surface area contributed by atoms with Crippen molar-refractivity contribution < 1.29 is 9.18 Å². The molecule has 1 amide bonds. The van der Waals surface area contributed by atoms with Crippen LogP contribution in [0.15, 0.2) is 24.3 Å². The Morgan fingerprint density at radius 3 is 2.58 bits per heavy atom. The second-order valence-electron chi connectivity index (χ2n) is 7.23. The third kappa shape index (κ3) is 2.14. The highest BCUT2D eigenvalue weighted by molar-refractivity contribution is 5.89. The summed E-state index contributed by atoms with van der Waals surface area (Å²) in [6, 6.07) is 6.69. The van der Waals surface area contributed by atoms with Gasteiger partial charge in [-0.2, -0.15) is 5.21 Å². The Morgan fingerprint density at radius 2 is 1.96 bits per heavy atom. The number of aromatic amines is 1. The maximum Gasteiger partial charge on any atom is 0.233 e. The van der Waals surface area contributed by atoms with Crippen LogP contribution in [0.5, 0.6) is 0 Å². The van der Waals surface area contributed by atoms with Crippen LogP contribution < -0.4 is 0 Å². The van der Waals surface area contributed by atoms with Gasteiger partial charge in [0, 0.05) is 18.7 Å². The van der Waals surface area contributed by atoms with Gasteiger partial charge in [-0.25, -0.2) is 4.39 Å². The van der Waals surface area contributed by atoms with E-state index in [2.05, 4.69) is 20.6 Å². The predicted molar refractivity (Wildman–Crippen MR) is 84.7 cm³/mol. The van der Waals surface area contributed by atoms with E-state index < -0.39 is 5.41 Å². The normalized spacial score (nSPS) is 21.5. The summed E-state index contributed by atoms with van der Waals surface area (Å²) in [5.41, 5.74) is -0.456. The first-order chi connectivity index (χ1) is 11.6. The molecule has 0 atom stereocenters. The first-order valence-electron chi connectivity index (χ1n) is 8.34. The lowest BCUT2D eigenvalue weighted by Crippen LogP contribution is -2.63. The van der Waals surface area contributed by atoms with Crippen molar-refractivity contribution in [2.24, 2.45) is 0 Å². The fourth-order valence-corrected chi connectivity index (χ4v) is 4.23. The zero-order valence-electron chi connectivity index (χ0n) is 13.6. The van der Waals surface area contributed by atoms with Gasteiger partial charge in [-0.3, -0.25) is 4.79 Å². The first kappa shape index (κ1) is 15.2. The van der Waals surface area contributed by atoms with Gasteiger partial charge < -0.3 is 4.90 Å². The number of likely N-dealkylation sites (tertiary alicyclic amines) is 1. The molecule has 0 radical (unpaired) electrons. The molecule has 2 heterocycles. The Kier molecular flexibility index (Phi) is 3.40. The summed E-state index contributed by atoms with van der Waals surface area (Å²) in [6.07, 6.45) is 3.33. The molecule has 4 rings (SSSR count). The maximum atomic E-state index is 14.4. The van der Waals surface area contributed by atoms with Crippen LogP contribution in [0.3, 0.4) is 0 Å². The van der Waals surface area contributed by atoms with Crippen molar-refractivity contribution in [3.63, 3.8) is 0 Å². The highest BCUT2D eigenvalue weighted by Gasteiger charge is 2.53. The van der Waals surface area contributed by atoms with E-state index in [0.29, 0.717) is 37.3 Å². The van der Waals surface area contributed by atoms with E-state index >= 15 is 0 Å². The Balaban J connectivity index is 1.60. The number of H-pyrrole nitrogens is 1. The lowest BCUT2D eigenvalue weighted by Gasteiger charge is -2.49. The number of carbonyl (C=O) groups excluding carboxylic acids is 1. The van der Waals surface area contributed by atoms with E-state index in [-0.39, 0.29) is 17.1 Å². The van der Waals surface area contributed by atoms with Crippen LogP contribution in [0.25, 0.3) is 0 Å². The highest BCUT2D eigenvalue weighted by Crippen LogP contribution is 2.45. The van der Waals surface area contributed by atoms with E-state index in [1.807, 2.05) is 17.9 Å². The number of amides is 1. The van der Waals surface area contributed by atoms with Crippen LogP contribution in [0.1, 0.15) is 44.0 Å². The summed E-state index contributed by atoms with van der Waals surface area (Å²) in [7, 11) is 0. The van der Waals surface area contributed by atoms with Gasteiger partial charge in [0.25, 0.3) is 0 Å². The molecule has 0 spiro atoms. The van der Waals surface area contributed by atoms with Crippen molar-refractivity contribution in [1.29, 1.82) is 0 Å². The van der Waals surface area contributed by atoms with E-state index in [1.54, 1.807) is 12.1 Å². The number of rotatable bonds is 3. The number of carbonyl (C=O) groups is 1. The minimum Gasteiger partial charge on any atom is -0.340 e. The third-order valence-corrected chi connectivity index (χ3v) is 5.51. The molecule has 2 fully saturated rings. The summed E-state index contributed by atoms with van der Waals surface area (Å²) in [4.78, 5) is 15.1. The molecule has 24 heavy (non-hydrogen) atoms. The van der Waals surface area contributed by atoms with Crippen molar-refractivity contribution in [1.82, 2.24) is 25.5 Å². The molecule has 1 aliphatic heterocycles. The molecule has 1 aromatic carbocycles. The van der Waals surface area contributed by atoms with Gasteiger partial charge in [0.05, 0.1) is 10.8 Å². The lowest BCUT2D eigenvalue weighted by molar-refractivity contribution is -0.145. The SMILES string of the molecule is CC1(c2nn[nH]n2)CN(C(=O)C2(c3ccccc3F)CCCC2)C1. The molecule has 7 heteroatoms. The van der Waals surface area contributed by atoms with Crippen LogP contribution in [-0.4, -0.2) is 44.5 Å². The predicted octanol–water partition coefficient (Wildman–Crippen LogP) is 1.95. The smallest absolute Gasteiger partial charge is 0.233 e. The molecule has 2 aromatic rings. The zero-order valence-corrected chi connectivity index (χ0v) is 13.6. The second-order valence-corrected chi connectivity index (χ2v) is 7.23. The van der Waals surface area contributed by atoms with Gasteiger partial charge in [0.15, 0.2) is 5.82 Å². The largest absolute Gasteiger partial charge is 0.340 e. The summed E-state index contributed by atoms with van der Waals surface area (Å²) in [5, 5.41) is 14.2. The van der Waals surface area contributed by atoms with Gasteiger partial charge >= 0.3 is 0 Å². The second kappa shape index (κ2) is 5.36. The Labute approximate surface area is 139 Å². The number of benzene rings is 1. The molecule has 1 aliphatic carbocycles. The van der Waals surface area contributed by atoms with Gasteiger partial charge in [-0.1, -0.05) is 36.3 Å². The fraction of sp³-hybridized carbons (Fsp3) is 0.529. The molecule has 1 saturated heterocycles. The van der Waals surface area contributed by atoms with Gasteiger partial charge in [0.2, 0.25) is 5.91 Å². The van der Waals surface area contributed by atoms with E-state index in [0.717, 1.165) is 12.8 Å². The van der Waals surface area contributed by atoms with Crippen molar-refractivity contribution >= 4 is 5.91 Å². The number of nitrogens with one attached hydrogen (secondary N) is 1. The molecular formula is C17H20FN5O. The number of halogens is 1.